The van der Waals surface area contributed by atoms with Gasteiger partial charge in [0.05, 0.1) is 11.4 Å². The lowest BCUT2D eigenvalue weighted by Crippen LogP contribution is -1.97. The van der Waals surface area contributed by atoms with Gasteiger partial charge in [-0.3, -0.25) is 0 Å². The highest BCUT2D eigenvalue weighted by molar-refractivity contribution is 5.72. The van der Waals surface area contributed by atoms with Crippen molar-refractivity contribution in [3.05, 3.63) is 42.6 Å². The van der Waals surface area contributed by atoms with Crippen LogP contribution in [0.4, 0.5) is 17.2 Å². The molecule has 2 aromatic rings. The Morgan fingerprint density at radius 1 is 1.13 bits per heavy atom. The van der Waals surface area contributed by atoms with Gasteiger partial charge in [0.2, 0.25) is 0 Å². The Labute approximate surface area is 87.4 Å². The minimum absolute atomic E-state index is 0.0979. The third kappa shape index (κ3) is 1.99. The first kappa shape index (κ1) is 9.33. The fraction of sp³-hybridized carbons (Fsp3) is 0. The van der Waals surface area contributed by atoms with Crippen LogP contribution in [0.3, 0.4) is 0 Å². The fourth-order valence-electron chi connectivity index (χ4n) is 1.23. The van der Waals surface area contributed by atoms with E-state index in [1.54, 1.807) is 24.4 Å². The molecule has 0 bridgehead atoms. The Balaban J connectivity index is 2.30. The van der Waals surface area contributed by atoms with Gasteiger partial charge in [-0.1, -0.05) is 12.1 Å². The van der Waals surface area contributed by atoms with Crippen LogP contribution in [0.1, 0.15) is 0 Å². The number of hydrogen-bond acceptors (Lipinski definition) is 4. The minimum Gasteiger partial charge on any atom is -0.504 e. The number of aromatic hydroxyl groups is 1. The van der Waals surface area contributed by atoms with Crippen molar-refractivity contribution in [1.82, 2.24) is 4.98 Å². The molecule has 0 aliphatic carbocycles. The molecule has 4 heteroatoms. The molecule has 0 atom stereocenters. The van der Waals surface area contributed by atoms with E-state index in [1.807, 2.05) is 18.2 Å². The standard InChI is InChI=1S/C11H11N3O/c12-8-4-1-2-5-9(8)14-11-10(15)6-3-7-13-11/h1-7,15H,12H2,(H,13,14). The molecule has 0 unspecified atom stereocenters. The maximum Gasteiger partial charge on any atom is 0.173 e. The SMILES string of the molecule is Nc1ccccc1Nc1ncccc1O. The summed E-state index contributed by atoms with van der Waals surface area (Å²) in [4.78, 5) is 4.00. The first-order chi connectivity index (χ1) is 7.27. The average molecular weight is 201 g/mol. The summed E-state index contributed by atoms with van der Waals surface area (Å²) >= 11 is 0. The predicted octanol–water partition coefficient (Wildman–Crippen LogP) is 2.11. The molecule has 1 heterocycles. The molecule has 0 amide bonds. The zero-order chi connectivity index (χ0) is 10.7. The lowest BCUT2D eigenvalue weighted by molar-refractivity contribution is 0.475. The van der Waals surface area contributed by atoms with E-state index in [4.69, 9.17) is 5.73 Å². The quantitative estimate of drug-likeness (QED) is 0.651. The number of nitrogens with one attached hydrogen (secondary N) is 1. The highest BCUT2D eigenvalue weighted by Gasteiger charge is 2.03. The van der Waals surface area contributed by atoms with Gasteiger partial charge in [0.1, 0.15) is 0 Å². The molecule has 0 spiro atoms. The second-order valence-electron chi connectivity index (χ2n) is 3.08. The number of nitrogens with two attached hydrogens (primary N) is 1. The van der Waals surface area contributed by atoms with Crippen LogP contribution < -0.4 is 11.1 Å². The molecule has 0 radical (unpaired) electrons. The number of pyridine rings is 1. The van der Waals surface area contributed by atoms with Gasteiger partial charge < -0.3 is 16.2 Å². The van der Waals surface area contributed by atoms with Crippen LogP contribution in [-0.4, -0.2) is 10.1 Å². The van der Waals surface area contributed by atoms with Gasteiger partial charge in [0.25, 0.3) is 0 Å². The number of rotatable bonds is 2. The van der Waals surface area contributed by atoms with Crippen molar-refractivity contribution < 1.29 is 5.11 Å². The van der Waals surface area contributed by atoms with Crippen molar-refractivity contribution in [2.24, 2.45) is 0 Å². The molecule has 15 heavy (non-hydrogen) atoms. The maximum atomic E-state index is 9.50. The van der Waals surface area contributed by atoms with E-state index in [1.165, 1.54) is 0 Å². The van der Waals surface area contributed by atoms with Gasteiger partial charge >= 0.3 is 0 Å². The van der Waals surface area contributed by atoms with E-state index >= 15 is 0 Å². The summed E-state index contributed by atoms with van der Waals surface area (Å²) in [5.41, 5.74) is 7.09. The molecule has 0 aliphatic heterocycles. The average Bonchev–Trinajstić information content (AvgIpc) is 2.24. The Morgan fingerprint density at radius 3 is 2.67 bits per heavy atom. The molecule has 2 rings (SSSR count). The zero-order valence-electron chi connectivity index (χ0n) is 8.01. The largest absolute Gasteiger partial charge is 0.504 e. The van der Waals surface area contributed by atoms with Crippen molar-refractivity contribution in [3.8, 4) is 5.75 Å². The summed E-state index contributed by atoms with van der Waals surface area (Å²) < 4.78 is 0. The van der Waals surface area contributed by atoms with E-state index in [0.717, 1.165) is 5.69 Å². The highest BCUT2D eigenvalue weighted by Crippen LogP contribution is 2.26. The topological polar surface area (TPSA) is 71.2 Å². The number of para-hydroxylation sites is 2. The van der Waals surface area contributed by atoms with E-state index in [9.17, 15) is 5.11 Å². The smallest absolute Gasteiger partial charge is 0.173 e. The summed E-state index contributed by atoms with van der Waals surface area (Å²) in [6, 6.07) is 10.5. The van der Waals surface area contributed by atoms with E-state index < -0.39 is 0 Å². The van der Waals surface area contributed by atoms with Crippen LogP contribution in [-0.2, 0) is 0 Å². The molecular weight excluding hydrogens is 190 g/mol. The van der Waals surface area contributed by atoms with Gasteiger partial charge in [-0.15, -0.1) is 0 Å². The van der Waals surface area contributed by atoms with Gasteiger partial charge in [0, 0.05) is 6.20 Å². The molecule has 0 saturated carbocycles. The lowest BCUT2D eigenvalue weighted by atomic mass is 10.2. The van der Waals surface area contributed by atoms with Crippen LogP contribution in [0, 0.1) is 0 Å². The summed E-state index contributed by atoms with van der Waals surface area (Å²) in [5, 5.41) is 12.5. The number of benzene rings is 1. The molecule has 1 aromatic heterocycles. The Bertz CT molecular complexity index is 427. The monoisotopic (exact) mass is 201 g/mol. The third-order valence-corrected chi connectivity index (χ3v) is 2.00. The van der Waals surface area contributed by atoms with E-state index in [0.29, 0.717) is 11.5 Å². The summed E-state index contributed by atoms with van der Waals surface area (Å²) in [5.74, 6) is 0.496. The summed E-state index contributed by atoms with van der Waals surface area (Å²) in [7, 11) is 0. The number of nitrogen functional groups attached to an aromatic ring is 1. The van der Waals surface area contributed by atoms with Gasteiger partial charge in [-0.25, -0.2) is 4.98 Å². The third-order valence-electron chi connectivity index (χ3n) is 2.00. The molecule has 1 aromatic carbocycles. The van der Waals surface area contributed by atoms with E-state index in [2.05, 4.69) is 10.3 Å². The van der Waals surface area contributed by atoms with E-state index in [-0.39, 0.29) is 5.75 Å². The number of nitrogens with zero attached hydrogens (tertiary/aromatic N) is 1. The number of aromatic nitrogens is 1. The summed E-state index contributed by atoms with van der Waals surface area (Å²) in [6.45, 7) is 0. The summed E-state index contributed by atoms with van der Waals surface area (Å²) in [6.07, 6.45) is 1.60. The second-order valence-corrected chi connectivity index (χ2v) is 3.08. The Morgan fingerprint density at radius 2 is 1.93 bits per heavy atom. The fourth-order valence-corrected chi connectivity index (χ4v) is 1.23. The Hall–Kier alpha value is -2.23. The minimum atomic E-state index is 0.0979. The van der Waals surface area contributed by atoms with Crippen LogP contribution >= 0.6 is 0 Å². The Kier molecular flexibility index (Phi) is 2.41. The first-order valence-electron chi connectivity index (χ1n) is 4.53. The van der Waals surface area contributed by atoms with Crippen molar-refractivity contribution in [1.29, 1.82) is 0 Å². The van der Waals surface area contributed by atoms with Crippen molar-refractivity contribution >= 4 is 17.2 Å². The van der Waals surface area contributed by atoms with Crippen LogP contribution in [0.25, 0.3) is 0 Å². The van der Waals surface area contributed by atoms with Crippen molar-refractivity contribution in [2.75, 3.05) is 11.1 Å². The molecular formula is C11H11N3O. The molecule has 0 fully saturated rings. The number of hydrogen-bond donors (Lipinski definition) is 3. The van der Waals surface area contributed by atoms with Gasteiger partial charge in [0.15, 0.2) is 11.6 Å². The van der Waals surface area contributed by atoms with Crippen LogP contribution in [0.5, 0.6) is 5.75 Å². The zero-order valence-corrected chi connectivity index (χ0v) is 8.01. The molecule has 4 N–H and O–H groups in total. The second kappa shape index (κ2) is 3.88. The maximum absolute atomic E-state index is 9.50. The first-order valence-corrected chi connectivity index (χ1v) is 4.53. The molecule has 0 aliphatic rings. The normalized spacial score (nSPS) is 9.87. The molecule has 76 valence electrons. The van der Waals surface area contributed by atoms with Crippen molar-refractivity contribution in [3.63, 3.8) is 0 Å². The molecule has 0 saturated heterocycles. The van der Waals surface area contributed by atoms with Crippen molar-refractivity contribution in [2.45, 2.75) is 0 Å². The highest BCUT2D eigenvalue weighted by atomic mass is 16.3. The lowest BCUT2D eigenvalue weighted by Gasteiger charge is -2.08. The van der Waals surface area contributed by atoms with Gasteiger partial charge in [-0.2, -0.15) is 0 Å². The molecule has 4 nitrogen and oxygen atoms in total. The van der Waals surface area contributed by atoms with Crippen LogP contribution in [0.2, 0.25) is 0 Å². The van der Waals surface area contributed by atoms with Crippen LogP contribution in [0.15, 0.2) is 42.6 Å². The predicted molar refractivity (Wildman–Crippen MR) is 60.0 cm³/mol. The number of anilines is 3. The van der Waals surface area contributed by atoms with Gasteiger partial charge in [-0.05, 0) is 24.3 Å².